The maximum atomic E-state index is 11.9. The van der Waals surface area contributed by atoms with Gasteiger partial charge in [0, 0.05) is 37.5 Å². The van der Waals surface area contributed by atoms with Gasteiger partial charge in [0.25, 0.3) is 0 Å². The normalized spacial score (nSPS) is 18.4. The Hall–Kier alpha value is -1.51. The Morgan fingerprint density at radius 3 is 2.48 bits per heavy atom. The molecular formula is C20H33IN4O2. The zero-order chi connectivity index (χ0) is 19.4. The molecular weight excluding hydrogens is 455 g/mol. The summed E-state index contributed by atoms with van der Waals surface area (Å²) in [5.74, 6) is 1.67. The summed E-state index contributed by atoms with van der Waals surface area (Å²) in [5.41, 5.74) is 0.513. The standard InChI is InChI=1S/C20H32N4O2.HI/c1-19(2,3)17(25)22-11-12-23-18(21-6)24-15-13-20(4,5)26-16-10-8-7-9-14(15)16;/h7-10,15H,11-13H2,1-6H3,(H,22,25)(H2,21,23,24);1H. The fraction of sp³-hybridized carbons (Fsp3) is 0.600. The van der Waals surface area contributed by atoms with Gasteiger partial charge in [-0.25, -0.2) is 0 Å². The predicted octanol–water partition coefficient (Wildman–Crippen LogP) is 3.23. The first kappa shape index (κ1) is 23.5. The van der Waals surface area contributed by atoms with E-state index in [0.717, 1.165) is 17.7 Å². The zero-order valence-electron chi connectivity index (χ0n) is 17.2. The van der Waals surface area contributed by atoms with E-state index < -0.39 is 0 Å². The van der Waals surface area contributed by atoms with Gasteiger partial charge in [-0.15, -0.1) is 24.0 Å². The molecule has 0 aromatic heterocycles. The van der Waals surface area contributed by atoms with Gasteiger partial charge in [-0.05, 0) is 19.9 Å². The van der Waals surface area contributed by atoms with Crippen molar-refractivity contribution in [3.05, 3.63) is 29.8 Å². The van der Waals surface area contributed by atoms with Crippen molar-refractivity contribution < 1.29 is 9.53 Å². The van der Waals surface area contributed by atoms with Crippen LogP contribution in [-0.2, 0) is 4.79 Å². The van der Waals surface area contributed by atoms with Crippen molar-refractivity contribution in [2.24, 2.45) is 10.4 Å². The van der Waals surface area contributed by atoms with Crippen LogP contribution in [0.2, 0.25) is 0 Å². The molecule has 0 radical (unpaired) electrons. The summed E-state index contributed by atoms with van der Waals surface area (Å²) in [5, 5.41) is 9.68. The maximum absolute atomic E-state index is 11.9. The van der Waals surface area contributed by atoms with E-state index in [1.54, 1.807) is 7.05 Å². The molecule has 1 aliphatic rings. The van der Waals surface area contributed by atoms with E-state index in [1.165, 1.54) is 0 Å². The summed E-state index contributed by atoms with van der Waals surface area (Å²) in [6.45, 7) is 11.1. The lowest BCUT2D eigenvalue weighted by Crippen LogP contribution is -2.47. The number of rotatable bonds is 4. The molecule has 0 spiro atoms. The predicted molar refractivity (Wildman–Crippen MR) is 121 cm³/mol. The first-order chi connectivity index (χ1) is 12.1. The van der Waals surface area contributed by atoms with E-state index >= 15 is 0 Å². The van der Waals surface area contributed by atoms with Crippen LogP contribution in [0.1, 0.15) is 52.6 Å². The van der Waals surface area contributed by atoms with E-state index in [9.17, 15) is 4.79 Å². The van der Waals surface area contributed by atoms with Crippen LogP contribution in [0.25, 0.3) is 0 Å². The Morgan fingerprint density at radius 2 is 1.85 bits per heavy atom. The third kappa shape index (κ3) is 6.86. The summed E-state index contributed by atoms with van der Waals surface area (Å²) >= 11 is 0. The lowest BCUT2D eigenvalue weighted by molar-refractivity contribution is -0.128. The molecule has 7 heteroatoms. The van der Waals surface area contributed by atoms with Crippen molar-refractivity contribution in [3.8, 4) is 5.75 Å². The number of fused-ring (bicyclic) bond motifs is 1. The molecule has 1 aromatic carbocycles. The second-order valence-corrected chi connectivity index (χ2v) is 8.31. The van der Waals surface area contributed by atoms with E-state index in [0.29, 0.717) is 19.0 Å². The highest BCUT2D eigenvalue weighted by Gasteiger charge is 2.33. The topological polar surface area (TPSA) is 74.8 Å². The number of guanidine groups is 1. The van der Waals surface area contributed by atoms with Gasteiger partial charge >= 0.3 is 0 Å². The van der Waals surface area contributed by atoms with Gasteiger partial charge in [0.05, 0.1) is 6.04 Å². The zero-order valence-corrected chi connectivity index (χ0v) is 19.5. The minimum atomic E-state index is -0.378. The Balaban J connectivity index is 0.00000364. The number of ether oxygens (including phenoxy) is 1. The SMILES string of the molecule is CN=C(NCCNC(=O)C(C)(C)C)NC1CC(C)(C)Oc2ccccc21.I. The van der Waals surface area contributed by atoms with Crippen LogP contribution < -0.4 is 20.7 Å². The van der Waals surface area contributed by atoms with Crippen LogP contribution >= 0.6 is 24.0 Å². The summed E-state index contributed by atoms with van der Waals surface area (Å²) in [6.07, 6.45) is 0.839. The molecule has 152 valence electrons. The largest absolute Gasteiger partial charge is 0.487 e. The Labute approximate surface area is 179 Å². The quantitative estimate of drug-likeness (QED) is 0.263. The summed E-state index contributed by atoms with van der Waals surface area (Å²) in [4.78, 5) is 16.2. The van der Waals surface area contributed by atoms with Crippen molar-refractivity contribution in [1.29, 1.82) is 0 Å². The first-order valence-corrected chi connectivity index (χ1v) is 9.16. The molecule has 1 heterocycles. The molecule has 1 aliphatic heterocycles. The molecule has 2 rings (SSSR count). The minimum absolute atomic E-state index is 0. The molecule has 27 heavy (non-hydrogen) atoms. The van der Waals surface area contributed by atoms with Crippen molar-refractivity contribution in [3.63, 3.8) is 0 Å². The highest BCUT2D eigenvalue weighted by Crippen LogP contribution is 2.39. The van der Waals surface area contributed by atoms with Crippen LogP contribution in [0.15, 0.2) is 29.3 Å². The average Bonchev–Trinajstić information content (AvgIpc) is 2.55. The number of aliphatic imine (C=N–C) groups is 1. The number of benzene rings is 1. The third-order valence-electron chi connectivity index (χ3n) is 4.30. The van der Waals surface area contributed by atoms with E-state index in [1.807, 2.05) is 39.0 Å². The Bertz CT molecular complexity index is 668. The number of amides is 1. The molecule has 0 aliphatic carbocycles. The third-order valence-corrected chi connectivity index (χ3v) is 4.30. The number of carbonyl (C=O) groups excluding carboxylic acids is 1. The molecule has 3 N–H and O–H groups in total. The van der Waals surface area contributed by atoms with Crippen molar-refractivity contribution in [2.75, 3.05) is 20.1 Å². The molecule has 1 amide bonds. The van der Waals surface area contributed by atoms with Gasteiger partial charge in [-0.1, -0.05) is 39.0 Å². The minimum Gasteiger partial charge on any atom is -0.487 e. The molecule has 0 saturated heterocycles. The van der Waals surface area contributed by atoms with E-state index in [-0.39, 0.29) is 46.9 Å². The molecule has 1 unspecified atom stereocenters. The van der Waals surface area contributed by atoms with Crippen LogP contribution in [0.5, 0.6) is 5.75 Å². The van der Waals surface area contributed by atoms with Crippen molar-refractivity contribution >= 4 is 35.8 Å². The number of hydrogen-bond acceptors (Lipinski definition) is 3. The summed E-state index contributed by atoms with van der Waals surface area (Å²) < 4.78 is 6.07. The van der Waals surface area contributed by atoms with Gasteiger partial charge in [-0.3, -0.25) is 9.79 Å². The number of hydrogen-bond donors (Lipinski definition) is 3. The smallest absolute Gasteiger partial charge is 0.225 e. The van der Waals surface area contributed by atoms with Crippen molar-refractivity contribution in [1.82, 2.24) is 16.0 Å². The number of nitrogens with one attached hydrogen (secondary N) is 3. The van der Waals surface area contributed by atoms with Gasteiger partial charge in [0.15, 0.2) is 5.96 Å². The molecule has 1 aromatic rings. The number of halogens is 1. The number of para-hydroxylation sites is 1. The molecule has 6 nitrogen and oxygen atoms in total. The van der Waals surface area contributed by atoms with Gasteiger partial charge < -0.3 is 20.7 Å². The van der Waals surface area contributed by atoms with Crippen molar-refractivity contribution in [2.45, 2.75) is 52.7 Å². The van der Waals surface area contributed by atoms with Crippen LogP contribution in [0.3, 0.4) is 0 Å². The second kappa shape index (κ2) is 9.61. The Morgan fingerprint density at radius 1 is 1.22 bits per heavy atom. The highest BCUT2D eigenvalue weighted by atomic mass is 127. The highest BCUT2D eigenvalue weighted by molar-refractivity contribution is 14.0. The fourth-order valence-electron chi connectivity index (χ4n) is 2.91. The monoisotopic (exact) mass is 488 g/mol. The first-order valence-electron chi connectivity index (χ1n) is 9.16. The van der Waals surface area contributed by atoms with Crippen LogP contribution in [-0.4, -0.2) is 37.6 Å². The van der Waals surface area contributed by atoms with Gasteiger partial charge in [0.2, 0.25) is 5.91 Å². The van der Waals surface area contributed by atoms with Crippen LogP contribution in [0.4, 0.5) is 0 Å². The average molecular weight is 488 g/mol. The van der Waals surface area contributed by atoms with Gasteiger partial charge in [0.1, 0.15) is 11.4 Å². The molecule has 0 bridgehead atoms. The van der Waals surface area contributed by atoms with E-state index in [2.05, 4.69) is 40.9 Å². The number of carbonyl (C=O) groups is 1. The fourth-order valence-corrected chi connectivity index (χ4v) is 2.91. The molecule has 0 saturated carbocycles. The van der Waals surface area contributed by atoms with Crippen LogP contribution in [0, 0.1) is 5.41 Å². The maximum Gasteiger partial charge on any atom is 0.225 e. The van der Waals surface area contributed by atoms with Gasteiger partial charge in [-0.2, -0.15) is 0 Å². The lowest BCUT2D eigenvalue weighted by atomic mass is 9.90. The lowest BCUT2D eigenvalue weighted by Gasteiger charge is -2.38. The summed E-state index contributed by atoms with van der Waals surface area (Å²) in [6, 6.07) is 8.21. The summed E-state index contributed by atoms with van der Waals surface area (Å²) in [7, 11) is 1.75. The Kier molecular flexibility index (Phi) is 8.38. The number of nitrogens with zero attached hydrogens (tertiary/aromatic N) is 1. The van der Waals surface area contributed by atoms with E-state index in [4.69, 9.17) is 4.74 Å². The second-order valence-electron chi connectivity index (χ2n) is 8.31. The molecule has 1 atom stereocenters. The molecule has 0 fully saturated rings.